The standard InChI is InChI=1S/C22H22BrN3S/c23-20-10-4-2-7-18(20)16-25-12-14-26(15-13-25)22(27)24-21-11-5-8-17-6-1-3-9-19(17)21/h1-11H,12-16H2,(H,24,27). The highest BCUT2D eigenvalue weighted by Gasteiger charge is 2.19. The number of benzene rings is 3. The van der Waals surface area contributed by atoms with Gasteiger partial charge in [0.1, 0.15) is 0 Å². The minimum absolute atomic E-state index is 0.812. The van der Waals surface area contributed by atoms with Crippen LogP contribution in [0, 0.1) is 0 Å². The van der Waals surface area contributed by atoms with E-state index >= 15 is 0 Å². The van der Waals surface area contributed by atoms with Gasteiger partial charge in [-0.3, -0.25) is 4.90 Å². The highest BCUT2D eigenvalue weighted by atomic mass is 79.9. The van der Waals surface area contributed by atoms with Crippen molar-refractivity contribution < 1.29 is 0 Å². The van der Waals surface area contributed by atoms with Gasteiger partial charge < -0.3 is 10.2 Å². The Balaban J connectivity index is 1.37. The summed E-state index contributed by atoms with van der Waals surface area (Å²) in [6.45, 7) is 4.89. The van der Waals surface area contributed by atoms with Gasteiger partial charge in [0.15, 0.2) is 5.11 Å². The molecule has 0 saturated carbocycles. The van der Waals surface area contributed by atoms with Crippen LogP contribution in [0.25, 0.3) is 10.8 Å². The number of thiocarbonyl (C=S) groups is 1. The van der Waals surface area contributed by atoms with Crippen LogP contribution in [0.2, 0.25) is 0 Å². The van der Waals surface area contributed by atoms with E-state index in [0.29, 0.717) is 0 Å². The lowest BCUT2D eigenvalue weighted by Crippen LogP contribution is -2.49. The topological polar surface area (TPSA) is 18.5 Å². The van der Waals surface area contributed by atoms with Gasteiger partial charge in [0.25, 0.3) is 0 Å². The van der Waals surface area contributed by atoms with Crippen molar-refractivity contribution in [2.24, 2.45) is 0 Å². The molecule has 5 heteroatoms. The van der Waals surface area contributed by atoms with Gasteiger partial charge in [-0.25, -0.2) is 0 Å². The van der Waals surface area contributed by atoms with E-state index in [1.165, 1.54) is 20.8 Å². The summed E-state index contributed by atoms with van der Waals surface area (Å²) in [6.07, 6.45) is 0. The second-order valence-electron chi connectivity index (χ2n) is 6.81. The molecule has 4 rings (SSSR count). The Hall–Kier alpha value is -1.95. The summed E-state index contributed by atoms with van der Waals surface area (Å²) in [5.41, 5.74) is 2.41. The zero-order valence-corrected chi connectivity index (χ0v) is 17.5. The second-order valence-corrected chi connectivity index (χ2v) is 8.05. The first kappa shape index (κ1) is 18.4. The first-order valence-corrected chi connectivity index (χ1v) is 10.4. The molecule has 27 heavy (non-hydrogen) atoms. The smallest absolute Gasteiger partial charge is 0.173 e. The van der Waals surface area contributed by atoms with E-state index < -0.39 is 0 Å². The van der Waals surface area contributed by atoms with E-state index in [1.54, 1.807) is 0 Å². The van der Waals surface area contributed by atoms with Gasteiger partial charge in [-0.2, -0.15) is 0 Å². The van der Waals surface area contributed by atoms with Gasteiger partial charge in [0.05, 0.1) is 0 Å². The highest BCUT2D eigenvalue weighted by molar-refractivity contribution is 9.10. The molecule has 1 aliphatic rings. The van der Waals surface area contributed by atoms with Crippen molar-refractivity contribution in [2.75, 3.05) is 31.5 Å². The van der Waals surface area contributed by atoms with E-state index in [4.69, 9.17) is 12.2 Å². The lowest BCUT2D eigenvalue weighted by molar-refractivity contribution is 0.176. The first-order valence-electron chi connectivity index (χ1n) is 9.20. The van der Waals surface area contributed by atoms with Crippen molar-refractivity contribution in [3.63, 3.8) is 0 Å². The second kappa shape index (κ2) is 8.38. The zero-order chi connectivity index (χ0) is 18.6. The SMILES string of the molecule is S=C(Nc1cccc2ccccc12)N1CCN(Cc2ccccc2Br)CC1. The summed E-state index contributed by atoms with van der Waals surface area (Å²) in [5, 5.41) is 6.70. The largest absolute Gasteiger partial charge is 0.346 e. The Kier molecular flexibility index (Phi) is 5.72. The molecule has 3 aromatic rings. The monoisotopic (exact) mass is 439 g/mol. The number of halogens is 1. The molecular formula is C22H22BrN3S. The summed E-state index contributed by atoms with van der Waals surface area (Å²) in [6, 6.07) is 23.1. The molecule has 1 fully saturated rings. The molecule has 0 aliphatic carbocycles. The maximum Gasteiger partial charge on any atom is 0.173 e. The Labute approximate surface area is 174 Å². The predicted octanol–water partition coefficient (Wildman–Crippen LogP) is 5.12. The fourth-order valence-electron chi connectivity index (χ4n) is 3.51. The highest BCUT2D eigenvalue weighted by Crippen LogP contribution is 2.24. The number of piperazine rings is 1. The molecule has 0 amide bonds. The molecule has 0 spiro atoms. The van der Waals surface area contributed by atoms with E-state index in [2.05, 4.69) is 97.8 Å². The third-order valence-corrected chi connectivity index (χ3v) is 6.18. The molecule has 0 radical (unpaired) electrons. The van der Waals surface area contributed by atoms with Crippen LogP contribution in [0.15, 0.2) is 71.2 Å². The van der Waals surface area contributed by atoms with Crippen LogP contribution in [0.5, 0.6) is 0 Å². The fourth-order valence-corrected chi connectivity index (χ4v) is 4.21. The van der Waals surface area contributed by atoms with Crippen LogP contribution in [-0.4, -0.2) is 41.1 Å². The first-order chi connectivity index (χ1) is 13.2. The number of nitrogens with one attached hydrogen (secondary N) is 1. The quantitative estimate of drug-likeness (QED) is 0.570. The molecule has 1 aliphatic heterocycles. The molecule has 3 nitrogen and oxygen atoms in total. The lowest BCUT2D eigenvalue weighted by Gasteiger charge is -2.36. The van der Waals surface area contributed by atoms with Crippen LogP contribution in [0.1, 0.15) is 5.56 Å². The third kappa shape index (κ3) is 4.32. The van der Waals surface area contributed by atoms with Crippen LogP contribution < -0.4 is 5.32 Å². The summed E-state index contributed by atoms with van der Waals surface area (Å²) in [4.78, 5) is 4.75. The molecule has 1 N–H and O–H groups in total. The van der Waals surface area contributed by atoms with E-state index in [9.17, 15) is 0 Å². The van der Waals surface area contributed by atoms with Crippen molar-refractivity contribution in [1.29, 1.82) is 0 Å². The normalized spacial score (nSPS) is 15.1. The Morgan fingerprint density at radius 3 is 2.41 bits per heavy atom. The van der Waals surface area contributed by atoms with Gasteiger partial charge in [-0.15, -0.1) is 0 Å². The average molecular weight is 440 g/mol. The fraction of sp³-hybridized carbons (Fsp3) is 0.227. The molecule has 3 aromatic carbocycles. The van der Waals surface area contributed by atoms with Crippen LogP contribution >= 0.6 is 28.1 Å². The number of hydrogen-bond acceptors (Lipinski definition) is 2. The van der Waals surface area contributed by atoms with Crippen molar-refractivity contribution in [1.82, 2.24) is 9.80 Å². The van der Waals surface area contributed by atoms with Crippen LogP contribution in [0.3, 0.4) is 0 Å². The van der Waals surface area contributed by atoms with E-state index in [0.717, 1.165) is 43.5 Å². The maximum absolute atomic E-state index is 5.70. The average Bonchev–Trinajstić information content (AvgIpc) is 2.70. The third-order valence-electron chi connectivity index (χ3n) is 5.04. The summed E-state index contributed by atoms with van der Waals surface area (Å²) in [5.74, 6) is 0. The Bertz CT molecular complexity index is 946. The molecular weight excluding hydrogens is 418 g/mol. The summed E-state index contributed by atoms with van der Waals surface area (Å²) in [7, 11) is 0. The molecule has 0 bridgehead atoms. The van der Waals surface area contributed by atoms with Gasteiger partial charge in [-0.05, 0) is 35.3 Å². The molecule has 0 unspecified atom stereocenters. The van der Waals surface area contributed by atoms with Gasteiger partial charge in [0, 0.05) is 48.3 Å². The Morgan fingerprint density at radius 1 is 0.889 bits per heavy atom. The minimum Gasteiger partial charge on any atom is -0.346 e. The van der Waals surface area contributed by atoms with Crippen molar-refractivity contribution in [2.45, 2.75) is 6.54 Å². The molecule has 0 aromatic heterocycles. The molecule has 1 heterocycles. The number of nitrogens with zero attached hydrogens (tertiary/aromatic N) is 2. The van der Waals surface area contributed by atoms with Gasteiger partial charge in [0.2, 0.25) is 0 Å². The van der Waals surface area contributed by atoms with Crippen molar-refractivity contribution in [3.05, 3.63) is 76.8 Å². The number of hydrogen-bond donors (Lipinski definition) is 1. The molecule has 138 valence electrons. The summed E-state index contributed by atoms with van der Waals surface area (Å²) < 4.78 is 1.18. The van der Waals surface area contributed by atoms with Crippen LogP contribution in [-0.2, 0) is 6.54 Å². The minimum atomic E-state index is 0.812. The van der Waals surface area contributed by atoms with E-state index in [-0.39, 0.29) is 0 Å². The van der Waals surface area contributed by atoms with Gasteiger partial charge in [-0.1, -0.05) is 70.5 Å². The maximum atomic E-state index is 5.70. The molecule has 1 saturated heterocycles. The van der Waals surface area contributed by atoms with Crippen molar-refractivity contribution >= 4 is 49.7 Å². The number of rotatable bonds is 3. The van der Waals surface area contributed by atoms with E-state index in [1.807, 2.05) is 0 Å². The zero-order valence-electron chi connectivity index (χ0n) is 15.1. The summed E-state index contributed by atoms with van der Waals surface area (Å²) >= 11 is 9.34. The van der Waals surface area contributed by atoms with Crippen LogP contribution in [0.4, 0.5) is 5.69 Å². The lowest BCUT2D eigenvalue weighted by atomic mass is 10.1. The molecule has 0 atom stereocenters. The van der Waals surface area contributed by atoms with Gasteiger partial charge >= 0.3 is 0 Å². The Morgan fingerprint density at radius 2 is 1.59 bits per heavy atom. The van der Waals surface area contributed by atoms with Crippen molar-refractivity contribution in [3.8, 4) is 0 Å². The number of fused-ring (bicyclic) bond motifs is 1. The number of anilines is 1. The predicted molar refractivity (Wildman–Crippen MR) is 121 cm³/mol.